The molecule has 3 heteroatoms. The number of aromatic nitrogens is 2. The zero-order valence-electron chi connectivity index (χ0n) is 9.82. The molecule has 3 N–H and O–H groups in total. The summed E-state index contributed by atoms with van der Waals surface area (Å²) >= 11 is 0. The number of hydrogen-bond donors (Lipinski definition) is 2. The van der Waals surface area contributed by atoms with E-state index >= 15 is 0 Å². The predicted octanol–water partition coefficient (Wildman–Crippen LogP) is 2.46. The maximum Gasteiger partial charge on any atom is 0.0956 e. The number of hydrogen-bond acceptors (Lipinski definition) is 2. The molecular formula is C14H17N3. The Balaban J connectivity index is 2.04. The highest BCUT2D eigenvalue weighted by molar-refractivity contribution is 5.64. The molecule has 1 aromatic carbocycles. The summed E-state index contributed by atoms with van der Waals surface area (Å²) < 4.78 is 0. The van der Waals surface area contributed by atoms with Gasteiger partial charge in [0, 0.05) is 22.7 Å². The molecule has 0 atom stereocenters. The van der Waals surface area contributed by atoms with Gasteiger partial charge in [0.2, 0.25) is 0 Å². The highest BCUT2D eigenvalue weighted by Gasteiger charge is 2.29. The Labute approximate surface area is 101 Å². The third-order valence-electron chi connectivity index (χ3n) is 3.33. The molecule has 0 radical (unpaired) electrons. The monoisotopic (exact) mass is 227 g/mol. The van der Waals surface area contributed by atoms with Crippen molar-refractivity contribution >= 4 is 0 Å². The van der Waals surface area contributed by atoms with Crippen LogP contribution >= 0.6 is 0 Å². The molecule has 1 heterocycles. The van der Waals surface area contributed by atoms with Crippen LogP contribution in [-0.2, 0) is 6.42 Å². The molecule has 17 heavy (non-hydrogen) atoms. The second kappa shape index (κ2) is 4.34. The number of nitrogens with zero attached hydrogens (tertiary/aromatic N) is 1. The Kier molecular flexibility index (Phi) is 2.69. The first-order valence-corrected chi connectivity index (χ1v) is 6.22. The van der Waals surface area contributed by atoms with E-state index in [1.807, 2.05) is 18.2 Å². The van der Waals surface area contributed by atoms with Gasteiger partial charge in [-0.05, 0) is 25.8 Å². The van der Waals surface area contributed by atoms with E-state index < -0.39 is 0 Å². The van der Waals surface area contributed by atoms with E-state index in [1.165, 1.54) is 29.7 Å². The average Bonchev–Trinajstić information content (AvgIpc) is 3.13. The Bertz CT molecular complexity index is 497. The van der Waals surface area contributed by atoms with Gasteiger partial charge in [0.25, 0.3) is 0 Å². The minimum Gasteiger partial charge on any atom is -0.330 e. The van der Waals surface area contributed by atoms with Crippen molar-refractivity contribution in [3.8, 4) is 11.3 Å². The van der Waals surface area contributed by atoms with E-state index in [0.29, 0.717) is 12.5 Å². The van der Waals surface area contributed by atoms with Crippen molar-refractivity contribution in [2.75, 3.05) is 6.54 Å². The second-order valence-electron chi connectivity index (χ2n) is 4.64. The number of aromatic amines is 1. The Morgan fingerprint density at radius 2 is 2.00 bits per heavy atom. The lowest BCUT2D eigenvalue weighted by Gasteiger charge is -2.03. The van der Waals surface area contributed by atoms with Crippen LogP contribution in [0.15, 0.2) is 30.3 Å². The van der Waals surface area contributed by atoms with E-state index in [9.17, 15) is 0 Å². The van der Waals surface area contributed by atoms with Crippen molar-refractivity contribution < 1.29 is 0 Å². The van der Waals surface area contributed by atoms with Gasteiger partial charge in [-0.3, -0.25) is 5.10 Å². The van der Waals surface area contributed by atoms with Crippen molar-refractivity contribution in [2.24, 2.45) is 5.73 Å². The molecule has 0 aliphatic heterocycles. The molecule has 1 aliphatic rings. The van der Waals surface area contributed by atoms with Crippen LogP contribution in [0.5, 0.6) is 0 Å². The van der Waals surface area contributed by atoms with Crippen LogP contribution in [0.3, 0.4) is 0 Å². The van der Waals surface area contributed by atoms with Crippen LogP contribution in [0.2, 0.25) is 0 Å². The summed E-state index contributed by atoms with van der Waals surface area (Å²) in [5.74, 6) is 0.696. The van der Waals surface area contributed by atoms with Gasteiger partial charge in [-0.15, -0.1) is 0 Å². The first kappa shape index (κ1) is 10.5. The summed E-state index contributed by atoms with van der Waals surface area (Å²) in [5, 5.41) is 7.70. The molecule has 0 bridgehead atoms. The van der Waals surface area contributed by atoms with Gasteiger partial charge in [0.1, 0.15) is 0 Å². The lowest BCUT2D eigenvalue weighted by molar-refractivity contribution is 0.914. The normalized spacial score (nSPS) is 15.1. The summed E-state index contributed by atoms with van der Waals surface area (Å²) in [6.07, 6.45) is 3.48. The zero-order chi connectivity index (χ0) is 11.7. The highest BCUT2D eigenvalue weighted by Crippen LogP contribution is 2.42. The van der Waals surface area contributed by atoms with Gasteiger partial charge in [-0.2, -0.15) is 5.10 Å². The molecule has 3 rings (SSSR count). The molecule has 0 amide bonds. The molecule has 1 aliphatic carbocycles. The molecule has 3 nitrogen and oxygen atoms in total. The maximum atomic E-state index is 5.71. The first-order chi connectivity index (χ1) is 8.40. The lowest BCUT2D eigenvalue weighted by atomic mass is 10.0. The molecule has 1 saturated carbocycles. The van der Waals surface area contributed by atoms with Crippen molar-refractivity contribution in [1.29, 1.82) is 0 Å². The Morgan fingerprint density at radius 3 is 2.65 bits per heavy atom. The molecule has 0 spiro atoms. The smallest absolute Gasteiger partial charge is 0.0956 e. The quantitative estimate of drug-likeness (QED) is 0.843. The summed E-state index contributed by atoms with van der Waals surface area (Å²) in [5.41, 5.74) is 10.6. The van der Waals surface area contributed by atoms with E-state index in [2.05, 4.69) is 22.3 Å². The van der Waals surface area contributed by atoms with Crippen LogP contribution in [0.4, 0.5) is 0 Å². The highest BCUT2D eigenvalue weighted by atomic mass is 15.1. The Morgan fingerprint density at radius 1 is 1.24 bits per heavy atom. The topological polar surface area (TPSA) is 54.7 Å². The van der Waals surface area contributed by atoms with Crippen LogP contribution in [0.1, 0.15) is 30.0 Å². The molecule has 1 fully saturated rings. The fraction of sp³-hybridized carbons (Fsp3) is 0.357. The van der Waals surface area contributed by atoms with Gasteiger partial charge in [0.15, 0.2) is 0 Å². The number of benzene rings is 1. The van der Waals surface area contributed by atoms with Gasteiger partial charge in [-0.1, -0.05) is 30.3 Å². The molecule has 2 aromatic rings. The molecule has 0 saturated heterocycles. The third kappa shape index (κ3) is 1.98. The maximum absolute atomic E-state index is 5.71. The van der Waals surface area contributed by atoms with E-state index in [4.69, 9.17) is 5.73 Å². The van der Waals surface area contributed by atoms with E-state index in [0.717, 1.165) is 12.1 Å². The van der Waals surface area contributed by atoms with Crippen molar-refractivity contribution in [3.05, 3.63) is 41.6 Å². The van der Waals surface area contributed by atoms with Crippen molar-refractivity contribution in [2.45, 2.75) is 25.2 Å². The Hall–Kier alpha value is -1.61. The number of nitrogens with two attached hydrogens (primary N) is 1. The first-order valence-electron chi connectivity index (χ1n) is 6.22. The van der Waals surface area contributed by atoms with Crippen molar-refractivity contribution in [1.82, 2.24) is 10.2 Å². The predicted molar refractivity (Wildman–Crippen MR) is 68.8 cm³/mol. The molecule has 88 valence electrons. The van der Waals surface area contributed by atoms with Gasteiger partial charge in [-0.25, -0.2) is 0 Å². The van der Waals surface area contributed by atoms with Crippen LogP contribution in [0.25, 0.3) is 11.3 Å². The minimum atomic E-state index is 0.680. The fourth-order valence-electron chi connectivity index (χ4n) is 2.32. The van der Waals surface area contributed by atoms with Gasteiger partial charge < -0.3 is 5.73 Å². The SMILES string of the molecule is NCCc1c(-c2ccccc2)n[nH]c1C1CC1. The summed E-state index contributed by atoms with van der Waals surface area (Å²) in [6, 6.07) is 10.3. The van der Waals surface area contributed by atoms with Crippen LogP contribution in [-0.4, -0.2) is 16.7 Å². The number of nitrogens with one attached hydrogen (secondary N) is 1. The van der Waals surface area contributed by atoms with Gasteiger partial charge in [0.05, 0.1) is 5.69 Å². The van der Waals surface area contributed by atoms with E-state index in [1.54, 1.807) is 0 Å². The minimum absolute atomic E-state index is 0.680. The summed E-state index contributed by atoms with van der Waals surface area (Å²) in [6.45, 7) is 0.680. The van der Waals surface area contributed by atoms with Crippen LogP contribution < -0.4 is 5.73 Å². The van der Waals surface area contributed by atoms with E-state index in [-0.39, 0.29) is 0 Å². The number of H-pyrrole nitrogens is 1. The summed E-state index contributed by atoms with van der Waals surface area (Å²) in [4.78, 5) is 0. The third-order valence-corrected chi connectivity index (χ3v) is 3.33. The van der Waals surface area contributed by atoms with Crippen molar-refractivity contribution in [3.63, 3.8) is 0 Å². The van der Waals surface area contributed by atoms with Crippen LogP contribution in [0, 0.1) is 0 Å². The molecular weight excluding hydrogens is 210 g/mol. The van der Waals surface area contributed by atoms with Gasteiger partial charge >= 0.3 is 0 Å². The lowest BCUT2D eigenvalue weighted by Crippen LogP contribution is -2.05. The zero-order valence-corrected chi connectivity index (χ0v) is 9.82. The average molecular weight is 227 g/mol. The largest absolute Gasteiger partial charge is 0.330 e. The second-order valence-corrected chi connectivity index (χ2v) is 4.64. The number of rotatable bonds is 4. The molecule has 0 unspecified atom stereocenters. The summed E-state index contributed by atoms with van der Waals surface area (Å²) in [7, 11) is 0. The standard InChI is InChI=1S/C14H17N3/c15-9-8-12-13(10-4-2-1-3-5-10)16-17-14(12)11-6-7-11/h1-5,11H,6-9,15H2,(H,16,17). The molecule has 1 aromatic heterocycles. The fourth-order valence-corrected chi connectivity index (χ4v) is 2.32.